The van der Waals surface area contributed by atoms with E-state index in [1.165, 1.54) is 16.3 Å². The van der Waals surface area contributed by atoms with Gasteiger partial charge in [-0.2, -0.15) is 0 Å². The molecule has 1 aromatic carbocycles. The lowest BCUT2D eigenvalue weighted by molar-refractivity contribution is 0.507. The molecule has 0 spiro atoms. The Hall–Kier alpha value is -1.79. The molecule has 3 rings (SSSR count). The summed E-state index contributed by atoms with van der Waals surface area (Å²) in [6.45, 7) is 3.79. The van der Waals surface area contributed by atoms with Crippen LogP contribution in [0.4, 0.5) is 0 Å². The molecule has 2 aromatic heterocycles. The second kappa shape index (κ2) is 6.32. The molecule has 0 aliphatic rings. The topological polar surface area (TPSA) is 55.6 Å². The van der Waals surface area contributed by atoms with Crippen molar-refractivity contribution in [1.82, 2.24) is 25.1 Å². The SMILES string of the molecule is C[C@@H](NCCn1cnc(Br)n1)c1cccc2cnccc12. The van der Waals surface area contributed by atoms with Crippen LogP contribution in [0.1, 0.15) is 18.5 Å². The van der Waals surface area contributed by atoms with E-state index in [1.54, 1.807) is 6.33 Å². The fourth-order valence-corrected chi connectivity index (χ4v) is 2.71. The predicted octanol–water partition coefficient (Wildman–Crippen LogP) is 2.94. The van der Waals surface area contributed by atoms with Crippen molar-refractivity contribution in [3.63, 3.8) is 0 Å². The molecule has 0 amide bonds. The van der Waals surface area contributed by atoms with E-state index in [9.17, 15) is 0 Å². The molecule has 6 heteroatoms. The van der Waals surface area contributed by atoms with Gasteiger partial charge in [-0.25, -0.2) is 4.98 Å². The van der Waals surface area contributed by atoms with Crippen molar-refractivity contribution >= 4 is 26.7 Å². The molecular formula is C15H16BrN5. The number of halogens is 1. The Morgan fingerprint density at radius 2 is 2.24 bits per heavy atom. The van der Waals surface area contributed by atoms with Crippen molar-refractivity contribution in [3.8, 4) is 0 Å². The lowest BCUT2D eigenvalue weighted by Gasteiger charge is -2.16. The van der Waals surface area contributed by atoms with Gasteiger partial charge >= 0.3 is 0 Å². The van der Waals surface area contributed by atoms with Crippen LogP contribution in [0.5, 0.6) is 0 Å². The maximum Gasteiger partial charge on any atom is 0.217 e. The maximum absolute atomic E-state index is 4.20. The highest BCUT2D eigenvalue weighted by Crippen LogP contribution is 2.23. The van der Waals surface area contributed by atoms with Gasteiger partial charge in [-0.15, -0.1) is 5.10 Å². The van der Waals surface area contributed by atoms with Gasteiger partial charge in [0.1, 0.15) is 6.33 Å². The molecule has 1 atom stereocenters. The van der Waals surface area contributed by atoms with E-state index in [-0.39, 0.29) is 6.04 Å². The summed E-state index contributed by atoms with van der Waals surface area (Å²) in [6.07, 6.45) is 5.46. The van der Waals surface area contributed by atoms with Crippen LogP contribution in [0.2, 0.25) is 0 Å². The second-order valence-corrected chi connectivity index (χ2v) is 5.61. The summed E-state index contributed by atoms with van der Waals surface area (Å²) in [4.78, 5) is 8.22. The van der Waals surface area contributed by atoms with E-state index < -0.39 is 0 Å². The molecule has 0 saturated carbocycles. The van der Waals surface area contributed by atoms with Crippen molar-refractivity contribution in [2.45, 2.75) is 19.5 Å². The Balaban J connectivity index is 1.68. The zero-order valence-electron chi connectivity index (χ0n) is 11.7. The third-order valence-corrected chi connectivity index (χ3v) is 3.84. The first-order valence-corrected chi connectivity index (χ1v) is 7.64. The predicted molar refractivity (Wildman–Crippen MR) is 85.9 cm³/mol. The minimum Gasteiger partial charge on any atom is -0.308 e. The molecule has 5 nitrogen and oxygen atoms in total. The van der Waals surface area contributed by atoms with Crippen molar-refractivity contribution in [2.75, 3.05) is 6.54 Å². The van der Waals surface area contributed by atoms with Crippen LogP contribution in [-0.2, 0) is 6.54 Å². The summed E-state index contributed by atoms with van der Waals surface area (Å²) in [7, 11) is 0. The molecule has 2 heterocycles. The lowest BCUT2D eigenvalue weighted by atomic mass is 10.0. The Kier molecular flexibility index (Phi) is 4.26. The maximum atomic E-state index is 4.20. The number of hydrogen-bond donors (Lipinski definition) is 1. The number of hydrogen-bond acceptors (Lipinski definition) is 4. The third-order valence-electron chi connectivity index (χ3n) is 3.48. The number of fused-ring (bicyclic) bond motifs is 1. The average molecular weight is 346 g/mol. The van der Waals surface area contributed by atoms with Gasteiger partial charge in [0.2, 0.25) is 4.73 Å². The van der Waals surface area contributed by atoms with Crippen molar-refractivity contribution in [2.24, 2.45) is 0 Å². The van der Waals surface area contributed by atoms with Crippen LogP contribution >= 0.6 is 15.9 Å². The van der Waals surface area contributed by atoms with Crippen LogP contribution in [0.25, 0.3) is 10.8 Å². The van der Waals surface area contributed by atoms with E-state index in [1.807, 2.05) is 17.1 Å². The van der Waals surface area contributed by atoms with Crippen LogP contribution in [0, 0.1) is 0 Å². The van der Waals surface area contributed by atoms with E-state index in [0.717, 1.165) is 13.1 Å². The molecule has 21 heavy (non-hydrogen) atoms. The quantitative estimate of drug-likeness (QED) is 0.772. The highest BCUT2D eigenvalue weighted by molar-refractivity contribution is 9.10. The van der Waals surface area contributed by atoms with Gasteiger partial charge in [-0.3, -0.25) is 9.67 Å². The van der Waals surface area contributed by atoms with E-state index in [0.29, 0.717) is 4.73 Å². The highest BCUT2D eigenvalue weighted by atomic mass is 79.9. The molecule has 0 bridgehead atoms. The lowest BCUT2D eigenvalue weighted by Crippen LogP contribution is -2.23. The van der Waals surface area contributed by atoms with E-state index >= 15 is 0 Å². The molecule has 0 aliphatic heterocycles. The number of pyridine rings is 1. The molecule has 1 N–H and O–H groups in total. The first-order chi connectivity index (χ1) is 10.2. The first kappa shape index (κ1) is 14.2. The second-order valence-electron chi connectivity index (χ2n) is 4.90. The summed E-state index contributed by atoms with van der Waals surface area (Å²) in [5, 5.41) is 10.1. The van der Waals surface area contributed by atoms with E-state index in [4.69, 9.17) is 0 Å². The number of aromatic nitrogens is 4. The Bertz CT molecular complexity index is 734. The van der Waals surface area contributed by atoms with Crippen LogP contribution in [0.3, 0.4) is 0 Å². The average Bonchev–Trinajstić information content (AvgIpc) is 2.92. The Labute approximate surface area is 131 Å². The zero-order chi connectivity index (χ0) is 14.7. The van der Waals surface area contributed by atoms with Gasteiger partial charge in [0, 0.05) is 30.4 Å². The number of rotatable bonds is 5. The van der Waals surface area contributed by atoms with Crippen molar-refractivity contribution in [1.29, 1.82) is 0 Å². The molecular weight excluding hydrogens is 330 g/mol. The summed E-state index contributed by atoms with van der Waals surface area (Å²) >= 11 is 3.25. The standard InChI is InChI=1S/C15H16BrN5/c1-11(18-7-8-21-10-19-15(16)20-21)13-4-2-3-12-9-17-6-5-14(12)13/h2-6,9-11,18H,7-8H2,1H3/t11-/m1/s1. The van der Waals surface area contributed by atoms with Crippen LogP contribution in [-0.4, -0.2) is 26.3 Å². The third kappa shape index (κ3) is 3.28. The molecule has 0 unspecified atom stereocenters. The first-order valence-electron chi connectivity index (χ1n) is 6.85. The van der Waals surface area contributed by atoms with Gasteiger partial charge in [-0.05, 0) is 39.9 Å². The fraction of sp³-hybridized carbons (Fsp3) is 0.267. The van der Waals surface area contributed by atoms with E-state index in [2.05, 4.69) is 67.5 Å². The van der Waals surface area contributed by atoms with Gasteiger partial charge < -0.3 is 5.32 Å². The van der Waals surface area contributed by atoms with Crippen LogP contribution in [0.15, 0.2) is 47.7 Å². The fourth-order valence-electron chi connectivity index (χ4n) is 2.41. The van der Waals surface area contributed by atoms with Gasteiger partial charge in [0.05, 0.1) is 6.54 Å². The molecule has 0 saturated heterocycles. The number of benzene rings is 1. The van der Waals surface area contributed by atoms with Crippen LogP contribution < -0.4 is 5.32 Å². The minimum absolute atomic E-state index is 0.267. The molecule has 0 aliphatic carbocycles. The van der Waals surface area contributed by atoms with Crippen molar-refractivity contribution < 1.29 is 0 Å². The largest absolute Gasteiger partial charge is 0.308 e. The zero-order valence-corrected chi connectivity index (χ0v) is 13.3. The monoisotopic (exact) mass is 345 g/mol. The normalized spacial score (nSPS) is 12.7. The number of nitrogens with zero attached hydrogens (tertiary/aromatic N) is 4. The summed E-state index contributed by atoms with van der Waals surface area (Å²) < 4.78 is 2.44. The highest BCUT2D eigenvalue weighted by Gasteiger charge is 2.08. The summed E-state index contributed by atoms with van der Waals surface area (Å²) in [5.74, 6) is 0. The molecule has 108 valence electrons. The van der Waals surface area contributed by atoms with Gasteiger partial charge in [-0.1, -0.05) is 18.2 Å². The van der Waals surface area contributed by atoms with Crippen molar-refractivity contribution in [3.05, 3.63) is 53.3 Å². The molecule has 0 radical (unpaired) electrons. The number of nitrogens with one attached hydrogen (secondary N) is 1. The molecule has 3 aromatic rings. The van der Waals surface area contributed by atoms with Gasteiger partial charge in [0.15, 0.2) is 0 Å². The Morgan fingerprint density at radius 3 is 3.05 bits per heavy atom. The Morgan fingerprint density at radius 1 is 1.33 bits per heavy atom. The minimum atomic E-state index is 0.267. The smallest absolute Gasteiger partial charge is 0.217 e. The molecule has 0 fully saturated rings. The summed E-state index contributed by atoms with van der Waals surface area (Å²) in [5.41, 5.74) is 1.29. The summed E-state index contributed by atoms with van der Waals surface area (Å²) in [6, 6.07) is 8.66. The van der Waals surface area contributed by atoms with Gasteiger partial charge in [0.25, 0.3) is 0 Å².